The van der Waals surface area contributed by atoms with Crippen molar-refractivity contribution in [2.75, 3.05) is 43.4 Å². The molecule has 2 N–H and O–H groups in total. The summed E-state index contributed by atoms with van der Waals surface area (Å²) >= 11 is 0. The molecule has 0 atom stereocenters. The molecule has 8 nitrogen and oxygen atoms in total. The van der Waals surface area contributed by atoms with Crippen LogP contribution in [0, 0.1) is 17.0 Å². The van der Waals surface area contributed by atoms with Gasteiger partial charge in [0.05, 0.1) is 4.92 Å². The van der Waals surface area contributed by atoms with Crippen LogP contribution in [-0.2, 0) is 0 Å². The van der Waals surface area contributed by atoms with E-state index >= 15 is 0 Å². The van der Waals surface area contributed by atoms with Crippen molar-refractivity contribution in [3.63, 3.8) is 0 Å². The summed E-state index contributed by atoms with van der Waals surface area (Å²) in [5, 5.41) is 11.2. The summed E-state index contributed by atoms with van der Waals surface area (Å²) in [6, 6.07) is 0. The number of hydrogen-bond acceptors (Lipinski definition) is 7. The fourth-order valence-corrected chi connectivity index (χ4v) is 2.28. The van der Waals surface area contributed by atoms with Crippen molar-refractivity contribution < 1.29 is 4.92 Å². The van der Waals surface area contributed by atoms with E-state index in [9.17, 15) is 10.1 Å². The van der Waals surface area contributed by atoms with Gasteiger partial charge >= 0.3 is 5.69 Å². The number of anilines is 2. The number of likely N-dealkylation sites (N-methyl/N-ethyl adjacent to an activating group) is 1. The van der Waals surface area contributed by atoms with Gasteiger partial charge in [0.1, 0.15) is 5.69 Å². The molecule has 1 fully saturated rings. The molecule has 0 saturated carbocycles. The maximum Gasteiger partial charge on any atom is 0.332 e. The molecule has 8 heteroatoms. The molecular formula is C11H18N6O2. The first kappa shape index (κ1) is 13.5. The predicted molar refractivity (Wildman–Crippen MR) is 72.2 cm³/mol. The van der Waals surface area contributed by atoms with Crippen molar-refractivity contribution in [3.8, 4) is 0 Å². The Kier molecular flexibility index (Phi) is 3.79. The summed E-state index contributed by atoms with van der Waals surface area (Å²) in [5.74, 6) is 0.418. The Hall–Kier alpha value is -1.96. The fraction of sp³-hybridized carbons (Fsp3) is 0.636. The van der Waals surface area contributed by atoms with Gasteiger partial charge in [0.2, 0.25) is 11.8 Å². The molecule has 0 aromatic carbocycles. The van der Waals surface area contributed by atoms with Gasteiger partial charge in [0.15, 0.2) is 0 Å². The van der Waals surface area contributed by atoms with Crippen LogP contribution in [0.15, 0.2) is 0 Å². The van der Waals surface area contributed by atoms with E-state index in [1.54, 1.807) is 6.92 Å². The molecule has 1 aromatic heterocycles. The van der Waals surface area contributed by atoms with Crippen molar-refractivity contribution in [1.29, 1.82) is 0 Å². The Bertz CT molecular complexity index is 484. The Balaban J connectivity index is 2.31. The quantitative estimate of drug-likeness (QED) is 0.624. The second kappa shape index (κ2) is 5.35. The fourth-order valence-electron chi connectivity index (χ4n) is 2.28. The molecular weight excluding hydrogens is 248 g/mol. The van der Waals surface area contributed by atoms with E-state index in [0.717, 1.165) is 19.6 Å². The molecule has 1 aromatic rings. The Morgan fingerprint density at radius 3 is 2.47 bits per heavy atom. The Morgan fingerprint density at radius 1 is 1.32 bits per heavy atom. The first-order valence-corrected chi connectivity index (χ1v) is 6.28. The lowest BCUT2D eigenvalue weighted by molar-refractivity contribution is -0.385. The molecule has 2 heterocycles. The summed E-state index contributed by atoms with van der Waals surface area (Å²) < 4.78 is 0. The highest BCUT2D eigenvalue weighted by Gasteiger charge is 2.28. The average molecular weight is 266 g/mol. The van der Waals surface area contributed by atoms with Gasteiger partial charge in [-0.25, -0.2) is 4.98 Å². The lowest BCUT2D eigenvalue weighted by Gasteiger charge is -2.34. The second-order valence-corrected chi connectivity index (χ2v) is 4.52. The lowest BCUT2D eigenvalue weighted by atomic mass is 10.2. The number of nitrogens with two attached hydrogens (primary N) is 1. The van der Waals surface area contributed by atoms with Gasteiger partial charge in [-0.15, -0.1) is 0 Å². The molecule has 0 bridgehead atoms. The SMILES string of the molecule is CCN1CCN(c2nc(N)nc(C)c2[N+](=O)[O-])CC1. The van der Waals surface area contributed by atoms with Gasteiger partial charge in [-0.3, -0.25) is 10.1 Å². The number of hydrogen-bond donors (Lipinski definition) is 1. The van der Waals surface area contributed by atoms with Crippen molar-refractivity contribution in [2.24, 2.45) is 0 Å². The van der Waals surface area contributed by atoms with Gasteiger partial charge in [0, 0.05) is 26.2 Å². The van der Waals surface area contributed by atoms with Crippen LogP contribution in [0.1, 0.15) is 12.6 Å². The topological polar surface area (TPSA) is 101 Å². The molecule has 2 rings (SSSR count). The molecule has 1 saturated heterocycles. The third-order valence-electron chi connectivity index (χ3n) is 3.36. The van der Waals surface area contributed by atoms with Crippen LogP contribution in [-0.4, -0.2) is 52.5 Å². The smallest absolute Gasteiger partial charge is 0.332 e. The van der Waals surface area contributed by atoms with Gasteiger partial charge in [0.25, 0.3) is 0 Å². The van der Waals surface area contributed by atoms with E-state index < -0.39 is 4.92 Å². The largest absolute Gasteiger partial charge is 0.368 e. The van der Waals surface area contributed by atoms with E-state index in [-0.39, 0.29) is 11.6 Å². The van der Waals surface area contributed by atoms with Crippen molar-refractivity contribution in [1.82, 2.24) is 14.9 Å². The van der Waals surface area contributed by atoms with Crippen LogP contribution in [0.5, 0.6) is 0 Å². The van der Waals surface area contributed by atoms with Crippen LogP contribution in [0.3, 0.4) is 0 Å². The number of aryl methyl sites for hydroxylation is 1. The average Bonchev–Trinajstić information content (AvgIpc) is 2.37. The van der Waals surface area contributed by atoms with E-state index in [2.05, 4.69) is 21.8 Å². The zero-order valence-corrected chi connectivity index (χ0v) is 11.2. The molecule has 0 unspecified atom stereocenters. The van der Waals surface area contributed by atoms with Gasteiger partial charge in [-0.1, -0.05) is 6.92 Å². The number of rotatable bonds is 3. The minimum absolute atomic E-state index is 0.0425. The van der Waals surface area contributed by atoms with Crippen molar-refractivity contribution in [2.45, 2.75) is 13.8 Å². The van der Waals surface area contributed by atoms with Crippen molar-refractivity contribution >= 4 is 17.5 Å². The monoisotopic (exact) mass is 266 g/mol. The molecule has 0 radical (unpaired) electrons. The minimum Gasteiger partial charge on any atom is -0.368 e. The highest BCUT2D eigenvalue weighted by atomic mass is 16.6. The lowest BCUT2D eigenvalue weighted by Crippen LogP contribution is -2.46. The Morgan fingerprint density at radius 2 is 1.95 bits per heavy atom. The van der Waals surface area contributed by atoms with Gasteiger partial charge < -0.3 is 15.5 Å². The number of nitrogen functional groups attached to an aromatic ring is 1. The van der Waals surface area contributed by atoms with E-state index in [1.807, 2.05) is 4.90 Å². The van der Waals surface area contributed by atoms with Crippen LogP contribution in [0.25, 0.3) is 0 Å². The van der Waals surface area contributed by atoms with Gasteiger partial charge in [-0.2, -0.15) is 4.98 Å². The summed E-state index contributed by atoms with van der Waals surface area (Å²) in [5.41, 5.74) is 5.87. The van der Waals surface area contributed by atoms with Crippen LogP contribution in [0.4, 0.5) is 17.5 Å². The predicted octanol–water partition coefficient (Wildman–Crippen LogP) is 0.417. The van der Waals surface area contributed by atoms with E-state index in [1.165, 1.54) is 0 Å². The molecule has 0 aliphatic carbocycles. The van der Waals surface area contributed by atoms with Gasteiger partial charge in [-0.05, 0) is 13.5 Å². The maximum absolute atomic E-state index is 11.2. The normalized spacial score (nSPS) is 16.6. The maximum atomic E-state index is 11.2. The molecule has 104 valence electrons. The zero-order chi connectivity index (χ0) is 14.0. The highest BCUT2D eigenvalue weighted by molar-refractivity contribution is 5.62. The molecule has 0 amide bonds. The van der Waals surface area contributed by atoms with Crippen molar-refractivity contribution in [3.05, 3.63) is 15.8 Å². The highest BCUT2D eigenvalue weighted by Crippen LogP contribution is 2.29. The zero-order valence-electron chi connectivity index (χ0n) is 11.2. The van der Waals surface area contributed by atoms with E-state index in [4.69, 9.17) is 5.73 Å². The number of nitrogens with zero attached hydrogens (tertiary/aromatic N) is 5. The minimum atomic E-state index is -0.434. The standard InChI is InChI=1S/C11H18N6O2/c1-3-15-4-6-16(7-5-15)10-9(17(18)19)8(2)13-11(12)14-10/h3-7H2,1-2H3,(H2,12,13,14). The number of nitro groups is 1. The number of piperazine rings is 1. The van der Waals surface area contributed by atoms with Crippen LogP contribution >= 0.6 is 0 Å². The molecule has 0 spiro atoms. The first-order valence-electron chi connectivity index (χ1n) is 6.28. The Labute approximate surface area is 111 Å². The number of aromatic nitrogens is 2. The molecule has 19 heavy (non-hydrogen) atoms. The second-order valence-electron chi connectivity index (χ2n) is 4.52. The summed E-state index contributed by atoms with van der Waals surface area (Å²) in [6.07, 6.45) is 0. The summed E-state index contributed by atoms with van der Waals surface area (Å²) in [7, 11) is 0. The van der Waals surface area contributed by atoms with Crippen LogP contribution in [0.2, 0.25) is 0 Å². The molecule has 1 aliphatic heterocycles. The third-order valence-corrected chi connectivity index (χ3v) is 3.36. The van der Waals surface area contributed by atoms with Crippen LogP contribution < -0.4 is 10.6 Å². The summed E-state index contributed by atoms with van der Waals surface area (Å²) in [6.45, 7) is 7.84. The third kappa shape index (κ3) is 2.73. The molecule has 1 aliphatic rings. The summed E-state index contributed by atoms with van der Waals surface area (Å²) in [4.78, 5) is 22.9. The van der Waals surface area contributed by atoms with E-state index in [0.29, 0.717) is 24.6 Å². The first-order chi connectivity index (χ1) is 9.02.